The minimum absolute atomic E-state index is 0.268. The molecule has 0 aliphatic carbocycles. The molecule has 0 bridgehead atoms. The molecule has 0 fully saturated rings. The summed E-state index contributed by atoms with van der Waals surface area (Å²) in [6, 6.07) is 12.4. The van der Waals surface area contributed by atoms with Gasteiger partial charge in [0.25, 0.3) is 0 Å². The molecule has 0 amide bonds. The maximum atomic E-state index is 13.4. The van der Waals surface area contributed by atoms with Crippen LogP contribution in [0.5, 0.6) is 0 Å². The van der Waals surface area contributed by atoms with Crippen LogP contribution in [0.25, 0.3) is 28.3 Å². The van der Waals surface area contributed by atoms with Crippen molar-refractivity contribution in [1.29, 1.82) is 0 Å². The highest BCUT2D eigenvalue weighted by Gasteiger charge is 2.18. The average molecular weight is 361 g/mol. The van der Waals surface area contributed by atoms with Crippen molar-refractivity contribution in [2.75, 3.05) is 14.1 Å². The molecule has 3 aromatic heterocycles. The van der Waals surface area contributed by atoms with Crippen LogP contribution in [0.4, 0.5) is 4.39 Å². The summed E-state index contributed by atoms with van der Waals surface area (Å²) >= 11 is 0. The predicted octanol–water partition coefficient (Wildman–Crippen LogP) is 3.97. The number of hydrogen-bond donors (Lipinski definition) is 0. The lowest BCUT2D eigenvalue weighted by Crippen LogP contribution is -2.10. The molecule has 1 aromatic carbocycles. The highest BCUT2D eigenvalue weighted by atomic mass is 19.1. The Balaban J connectivity index is 1.96. The van der Waals surface area contributed by atoms with Crippen LogP contribution < -0.4 is 0 Å². The maximum Gasteiger partial charge on any atom is 0.138 e. The van der Waals surface area contributed by atoms with Gasteiger partial charge in [0.05, 0.1) is 17.1 Å². The van der Waals surface area contributed by atoms with Gasteiger partial charge >= 0.3 is 0 Å². The number of benzene rings is 1. The second-order valence-corrected chi connectivity index (χ2v) is 6.81. The Kier molecular flexibility index (Phi) is 4.41. The van der Waals surface area contributed by atoms with Crippen molar-refractivity contribution in [2.45, 2.75) is 13.5 Å². The molecule has 0 aliphatic heterocycles. The summed E-state index contributed by atoms with van der Waals surface area (Å²) < 4.78 is 15.4. The van der Waals surface area contributed by atoms with Crippen LogP contribution >= 0.6 is 0 Å². The van der Waals surface area contributed by atoms with Crippen molar-refractivity contribution in [3.63, 3.8) is 0 Å². The molecule has 0 saturated carbocycles. The smallest absolute Gasteiger partial charge is 0.138 e. The summed E-state index contributed by atoms with van der Waals surface area (Å²) in [6.07, 6.45) is 3.76. The molecule has 4 rings (SSSR count). The van der Waals surface area contributed by atoms with Crippen molar-refractivity contribution < 1.29 is 4.39 Å². The fourth-order valence-electron chi connectivity index (χ4n) is 3.19. The van der Waals surface area contributed by atoms with Gasteiger partial charge in [-0.2, -0.15) is 0 Å². The van der Waals surface area contributed by atoms with Gasteiger partial charge in [0.1, 0.15) is 17.3 Å². The molecule has 0 spiro atoms. The quantitative estimate of drug-likeness (QED) is 0.552. The number of nitrogens with zero attached hydrogens (tertiary/aromatic N) is 5. The number of imidazole rings is 1. The Hall–Kier alpha value is -3.12. The summed E-state index contributed by atoms with van der Waals surface area (Å²) in [5.41, 5.74) is 5.29. The van der Waals surface area contributed by atoms with Crippen molar-refractivity contribution in [3.05, 3.63) is 72.1 Å². The number of aromatic nitrogens is 4. The van der Waals surface area contributed by atoms with E-state index in [-0.39, 0.29) is 5.82 Å². The van der Waals surface area contributed by atoms with Crippen molar-refractivity contribution in [3.8, 4) is 22.6 Å². The largest absolute Gasteiger partial charge is 0.305 e. The highest BCUT2D eigenvalue weighted by molar-refractivity contribution is 5.80. The molecule has 4 aromatic rings. The standard InChI is InChI=1S/C21H20FN5/c1-14-23-10-8-18(24-14)21-20(16-4-6-17(22)7-5-16)25-19-12-15(13-26(2)3)9-11-27(19)21/h4-12H,13H2,1-3H3. The second-order valence-electron chi connectivity index (χ2n) is 6.81. The Morgan fingerprint density at radius 2 is 1.81 bits per heavy atom. The Morgan fingerprint density at radius 1 is 1.04 bits per heavy atom. The first-order valence-electron chi connectivity index (χ1n) is 8.73. The van der Waals surface area contributed by atoms with Gasteiger partial charge in [0.2, 0.25) is 0 Å². The molecule has 0 saturated heterocycles. The number of halogens is 1. The monoisotopic (exact) mass is 361 g/mol. The third-order valence-electron chi connectivity index (χ3n) is 4.33. The molecule has 0 unspecified atom stereocenters. The lowest BCUT2D eigenvalue weighted by Gasteiger charge is -2.10. The normalized spacial score (nSPS) is 11.4. The molecule has 0 radical (unpaired) electrons. The SMILES string of the molecule is Cc1nccc(-c2c(-c3ccc(F)cc3)nc3cc(CN(C)C)ccn23)n1. The van der Waals surface area contributed by atoms with E-state index in [0.29, 0.717) is 5.82 Å². The zero-order chi connectivity index (χ0) is 19.0. The van der Waals surface area contributed by atoms with Crippen LogP contribution in [0.3, 0.4) is 0 Å². The van der Waals surface area contributed by atoms with E-state index in [9.17, 15) is 4.39 Å². The first-order chi connectivity index (χ1) is 13.0. The van der Waals surface area contributed by atoms with Gasteiger partial charge in [-0.3, -0.25) is 4.40 Å². The third kappa shape index (κ3) is 3.44. The predicted molar refractivity (Wildman–Crippen MR) is 104 cm³/mol. The summed E-state index contributed by atoms with van der Waals surface area (Å²) in [4.78, 5) is 15.7. The summed E-state index contributed by atoms with van der Waals surface area (Å²) in [5.74, 6) is 0.423. The highest BCUT2D eigenvalue weighted by Crippen LogP contribution is 2.32. The van der Waals surface area contributed by atoms with Gasteiger partial charge in [-0.05, 0) is 69.0 Å². The van der Waals surface area contributed by atoms with E-state index in [4.69, 9.17) is 4.98 Å². The van der Waals surface area contributed by atoms with Gasteiger partial charge in [-0.25, -0.2) is 19.3 Å². The number of fused-ring (bicyclic) bond motifs is 1. The van der Waals surface area contributed by atoms with E-state index in [0.717, 1.165) is 34.8 Å². The van der Waals surface area contributed by atoms with Gasteiger partial charge in [-0.1, -0.05) is 0 Å². The summed E-state index contributed by atoms with van der Waals surface area (Å²) in [6.45, 7) is 2.69. The van der Waals surface area contributed by atoms with E-state index in [1.165, 1.54) is 17.7 Å². The van der Waals surface area contributed by atoms with Crippen LogP contribution in [0, 0.1) is 12.7 Å². The van der Waals surface area contributed by atoms with Crippen molar-refractivity contribution in [1.82, 2.24) is 24.3 Å². The number of pyridine rings is 1. The third-order valence-corrected chi connectivity index (χ3v) is 4.33. The molecule has 136 valence electrons. The Labute approximate surface area is 157 Å². The van der Waals surface area contributed by atoms with E-state index in [1.54, 1.807) is 18.3 Å². The number of rotatable bonds is 4. The van der Waals surface area contributed by atoms with Crippen LogP contribution in [0.2, 0.25) is 0 Å². The van der Waals surface area contributed by atoms with E-state index >= 15 is 0 Å². The second kappa shape index (κ2) is 6.89. The molecular weight excluding hydrogens is 341 g/mol. The van der Waals surface area contributed by atoms with E-state index < -0.39 is 0 Å². The molecule has 0 N–H and O–H groups in total. The number of hydrogen-bond acceptors (Lipinski definition) is 4. The van der Waals surface area contributed by atoms with Gasteiger partial charge in [-0.15, -0.1) is 0 Å². The van der Waals surface area contributed by atoms with Gasteiger partial charge in [0.15, 0.2) is 0 Å². The van der Waals surface area contributed by atoms with Crippen LogP contribution in [0.1, 0.15) is 11.4 Å². The van der Waals surface area contributed by atoms with Crippen LogP contribution in [-0.4, -0.2) is 38.3 Å². The Morgan fingerprint density at radius 3 is 2.52 bits per heavy atom. The van der Waals surface area contributed by atoms with Crippen LogP contribution in [-0.2, 0) is 6.54 Å². The first kappa shape index (κ1) is 17.3. The topological polar surface area (TPSA) is 46.3 Å². The minimum atomic E-state index is -0.268. The molecule has 27 heavy (non-hydrogen) atoms. The minimum Gasteiger partial charge on any atom is -0.305 e. The van der Waals surface area contributed by atoms with Gasteiger partial charge in [0, 0.05) is 24.5 Å². The molecule has 5 nitrogen and oxygen atoms in total. The zero-order valence-electron chi connectivity index (χ0n) is 15.5. The average Bonchev–Trinajstić information content (AvgIpc) is 3.00. The lowest BCUT2D eigenvalue weighted by atomic mass is 10.1. The molecular formula is C21H20FN5. The maximum absolute atomic E-state index is 13.4. The molecule has 3 heterocycles. The summed E-state index contributed by atoms with van der Waals surface area (Å²) in [5, 5.41) is 0. The lowest BCUT2D eigenvalue weighted by molar-refractivity contribution is 0.402. The molecule has 0 aliphatic rings. The van der Waals surface area contributed by atoms with Gasteiger partial charge < -0.3 is 4.90 Å². The Bertz CT molecular complexity index is 1100. The molecule has 0 atom stereocenters. The van der Waals surface area contributed by atoms with Crippen molar-refractivity contribution >= 4 is 5.65 Å². The van der Waals surface area contributed by atoms with E-state index in [1.807, 2.05) is 37.7 Å². The molecule has 6 heteroatoms. The number of aryl methyl sites for hydroxylation is 1. The summed E-state index contributed by atoms with van der Waals surface area (Å²) in [7, 11) is 4.07. The van der Waals surface area contributed by atoms with E-state index in [2.05, 4.69) is 27.0 Å². The first-order valence-corrected chi connectivity index (χ1v) is 8.73. The van der Waals surface area contributed by atoms with Crippen LogP contribution in [0.15, 0.2) is 54.9 Å². The fourth-order valence-corrected chi connectivity index (χ4v) is 3.19. The van der Waals surface area contributed by atoms with Crippen molar-refractivity contribution in [2.24, 2.45) is 0 Å². The fraction of sp³-hybridized carbons (Fsp3) is 0.190. The zero-order valence-corrected chi connectivity index (χ0v) is 15.5.